The fourth-order valence-electron chi connectivity index (χ4n) is 2.45. The quantitative estimate of drug-likeness (QED) is 0.819. The molecule has 0 bridgehead atoms. The van der Waals surface area contributed by atoms with Gasteiger partial charge < -0.3 is 15.2 Å². The molecular formula is C15H21NO3. The molecule has 0 radical (unpaired) electrons. The zero-order chi connectivity index (χ0) is 13.7. The molecule has 0 amide bonds. The van der Waals surface area contributed by atoms with Gasteiger partial charge in [0.25, 0.3) is 0 Å². The summed E-state index contributed by atoms with van der Waals surface area (Å²) in [6.07, 6.45) is 3.87. The highest BCUT2D eigenvalue weighted by Crippen LogP contribution is 2.24. The van der Waals surface area contributed by atoms with Gasteiger partial charge in [-0.15, -0.1) is 0 Å². The molecule has 0 aromatic heterocycles. The first-order valence-corrected chi connectivity index (χ1v) is 6.79. The number of aliphatic hydroxyl groups is 1. The minimum atomic E-state index is -0.312. The fraction of sp³-hybridized carbons (Fsp3) is 0.533. The van der Waals surface area contributed by atoms with Gasteiger partial charge in [0, 0.05) is 12.2 Å². The van der Waals surface area contributed by atoms with Crippen LogP contribution >= 0.6 is 0 Å². The Kier molecular flexibility index (Phi) is 4.80. The molecular weight excluding hydrogens is 242 g/mol. The lowest BCUT2D eigenvalue weighted by Crippen LogP contribution is -2.23. The Balaban J connectivity index is 1.81. The van der Waals surface area contributed by atoms with Gasteiger partial charge >= 0.3 is 5.97 Å². The van der Waals surface area contributed by atoms with Crippen molar-refractivity contribution in [2.24, 2.45) is 5.92 Å². The van der Waals surface area contributed by atoms with E-state index in [0.717, 1.165) is 37.9 Å². The van der Waals surface area contributed by atoms with Gasteiger partial charge in [-0.05, 0) is 55.9 Å². The summed E-state index contributed by atoms with van der Waals surface area (Å²) in [5.74, 6) is 0.316. The minimum Gasteiger partial charge on any atom is -0.465 e. The van der Waals surface area contributed by atoms with Crippen molar-refractivity contribution in [3.63, 3.8) is 0 Å². The normalized spacial score (nSPS) is 22.8. The van der Waals surface area contributed by atoms with Crippen LogP contribution in [0.4, 0.5) is 5.69 Å². The molecule has 0 saturated heterocycles. The van der Waals surface area contributed by atoms with Crippen LogP contribution in [-0.4, -0.2) is 30.8 Å². The number of benzene rings is 1. The van der Waals surface area contributed by atoms with Crippen molar-refractivity contribution in [2.75, 3.05) is 19.0 Å². The lowest BCUT2D eigenvalue weighted by Gasteiger charge is -2.25. The molecule has 2 rings (SSSR count). The van der Waals surface area contributed by atoms with E-state index in [0.29, 0.717) is 11.5 Å². The number of carbonyl (C=O) groups excluding carboxylic acids is 1. The van der Waals surface area contributed by atoms with Gasteiger partial charge in [0.15, 0.2) is 0 Å². The topological polar surface area (TPSA) is 58.6 Å². The fourth-order valence-corrected chi connectivity index (χ4v) is 2.45. The Hall–Kier alpha value is -1.55. The van der Waals surface area contributed by atoms with E-state index in [1.807, 2.05) is 12.1 Å². The van der Waals surface area contributed by atoms with Crippen molar-refractivity contribution in [2.45, 2.75) is 31.8 Å². The van der Waals surface area contributed by atoms with Crippen LogP contribution in [-0.2, 0) is 4.74 Å². The predicted molar refractivity (Wildman–Crippen MR) is 74.2 cm³/mol. The maximum absolute atomic E-state index is 11.3. The molecule has 0 atom stereocenters. The third kappa shape index (κ3) is 3.96. The first-order chi connectivity index (χ1) is 9.19. The largest absolute Gasteiger partial charge is 0.465 e. The Morgan fingerprint density at radius 2 is 1.89 bits per heavy atom. The molecule has 1 saturated carbocycles. The number of anilines is 1. The van der Waals surface area contributed by atoms with E-state index in [4.69, 9.17) is 0 Å². The molecule has 104 valence electrons. The first-order valence-electron chi connectivity index (χ1n) is 6.79. The van der Waals surface area contributed by atoms with Gasteiger partial charge in [-0.1, -0.05) is 0 Å². The Morgan fingerprint density at radius 1 is 1.26 bits per heavy atom. The number of methoxy groups -OCH3 is 1. The second kappa shape index (κ2) is 6.57. The Morgan fingerprint density at radius 3 is 2.47 bits per heavy atom. The summed E-state index contributed by atoms with van der Waals surface area (Å²) < 4.78 is 4.66. The summed E-state index contributed by atoms with van der Waals surface area (Å²) >= 11 is 0. The van der Waals surface area contributed by atoms with Crippen molar-refractivity contribution in [1.82, 2.24) is 0 Å². The number of carbonyl (C=O) groups is 1. The van der Waals surface area contributed by atoms with E-state index in [9.17, 15) is 9.90 Å². The molecule has 0 unspecified atom stereocenters. The molecule has 1 aliphatic carbocycles. The molecule has 1 aromatic rings. The number of hydrogen-bond donors (Lipinski definition) is 2. The Labute approximate surface area is 113 Å². The van der Waals surface area contributed by atoms with Gasteiger partial charge in [0.05, 0.1) is 18.8 Å². The van der Waals surface area contributed by atoms with Crippen molar-refractivity contribution in [1.29, 1.82) is 0 Å². The SMILES string of the molecule is COC(=O)c1ccc(NCC2CCC(O)CC2)cc1. The molecule has 1 fully saturated rings. The van der Waals surface area contributed by atoms with Crippen LogP contribution in [0.3, 0.4) is 0 Å². The Bertz CT molecular complexity index is 408. The van der Waals surface area contributed by atoms with E-state index in [2.05, 4.69) is 10.1 Å². The average molecular weight is 263 g/mol. The molecule has 0 heterocycles. The maximum atomic E-state index is 11.3. The second-order valence-corrected chi connectivity index (χ2v) is 5.12. The smallest absolute Gasteiger partial charge is 0.337 e. The summed E-state index contributed by atoms with van der Waals surface area (Å²) in [4.78, 5) is 11.3. The molecule has 19 heavy (non-hydrogen) atoms. The molecule has 0 spiro atoms. The van der Waals surface area contributed by atoms with Gasteiger partial charge in [0.1, 0.15) is 0 Å². The number of ether oxygens (including phenoxy) is 1. The minimum absolute atomic E-state index is 0.101. The molecule has 1 aliphatic rings. The van der Waals surface area contributed by atoms with Crippen LogP contribution in [0.5, 0.6) is 0 Å². The van der Waals surface area contributed by atoms with Gasteiger partial charge in [-0.2, -0.15) is 0 Å². The maximum Gasteiger partial charge on any atom is 0.337 e. The third-order valence-electron chi connectivity index (χ3n) is 3.72. The lowest BCUT2D eigenvalue weighted by atomic mass is 9.87. The summed E-state index contributed by atoms with van der Waals surface area (Å²) in [6.45, 7) is 0.921. The highest BCUT2D eigenvalue weighted by atomic mass is 16.5. The van der Waals surface area contributed by atoms with Crippen molar-refractivity contribution >= 4 is 11.7 Å². The van der Waals surface area contributed by atoms with Crippen LogP contribution in [0.1, 0.15) is 36.0 Å². The molecule has 4 heteroatoms. The number of nitrogens with one attached hydrogen (secondary N) is 1. The zero-order valence-corrected chi connectivity index (χ0v) is 11.3. The first kappa shape index (κ1) is 13.9. The predicted octanol–water partition coefficient (Wildman–Crippen LogP) is 2.44. The lowest BCUT2D eigenvalue weighted by molar-refractivity contribution is 0.0600. The average Bonchev–Trinajstić information content (AvgIpc) is 2.46. The standard InChI is InChI=1S/C15H21NO3/c1-19-15(18)12-4-6-13(7-5-12)16-10-11-2-8-14(17)9-3-11/h4-7,11,14,16-17H,2-3,8-10H2,1H3. The molecule has 4 nitrogen and oxygen atoms in total. The van der Waals surface area contributed by atoms with Crippen LogP contribution in [0.2, 0.25) is 0 Å². The highest BCUT2D eigenvalue weighted by molar-refractivity contribution is 5.89. The highest BCUT2D eigenvalue weighted by Gasteiger charge is 2.18. The molecule has 1 aromatic carbocycles. The number of rotatable bonds is 4. The van der Waals surface area contributed by atoms with Crippen molar-refractivity contribution < 1.29 is 14.6 Å². The third-order valence-corrected chi connectivity index (χ3v) is 3.72. The van der Waals surface area contributed by atoms with E-state index >= 15 is 0 Å². The van der Waals surface area contributed by atoms with Gasteiger partial charge in [-0.3, -0.25) is 0 Å². The van der Waals surface area contributed by atoms with Crippen molar-refractivity contribution in [3.05, 3.63) is 29.8 Å². The number of aliphatic hydroxyl groups excluding tert-OH is 1. The zero-order valence-electron chi connectivity index (χ0n) is 11.3. The number of hydrogen-bond acceptors (Lipinski definition) is 4. The van der Waals surface area contributed by atoms with Crippen molar-refractivity contribution in [3.8, 4) is 0 Å². The monoisotopic (exact) mass is 263 g/mol. The summed E-state index contributed by atoms with van der Waals surface area (Å²) in [5, 5.41) is 12.8. The van der Waals surface area contributed by atoms with E-state index in [-0.39, 0.29) is 12.1 Å². The molecule has 0 aliphatic heterocycles. The van der Waals surface area contributed by atoms with E-state index in [1.165, 1.54) is 7.11 Å². The van der Waals surface area contributed by atoms with E-state index < -0.39 is 0 Å². The summed E-state index contributed by atoms with van der Waals surface area (Å²) in [5.41, 5.74) is 1.58. The van der Waals surface area contributed by atoms with E-state index in [1.54, 1.807) is 12.1 Å². The molecule has 2 N–H and O–H groups in total. The summed E-state index contributed by atoms with van der Waals surface area (Å²) in [7, 11) is 1.38. The number of esters is 1. The van der Waals surface area contributed by atoms with Crippen LogP contribution in [0.15, 0.2) is 24.3 Å². The van der Waals surface area contributed by atoms with Crippen LogP contribution < -0.4 is 5.32 Å². The second-order valence-electron chi connectivity index (χ2n) is 5.12. The van der Waals surface area contributed by atoms with Crippen LogP contribution in [0, 0.1) is 5.92 Å². The van der Waals surface area contributed by atoms with Gasteiger partial charge in [-0.25, -0.2) is 4.79 Å². The van der Waals surface area contributed by atoms with Gasteiger partial charge in [0.2, 0.25) is 0 Å². The van der Waals surface area contributed by atoms with Crippen LogP contribution in [0.25, 0.3) is 0 Å². The summed E-state index contributed by atoms with van der Waals surface area (Å²) in [6, 6.07) is 7.31.